The van der Waals surface area contributed by atoms with E-state index >= 15 is 0 Å². The zero-order valence-electron chi connectivity index (χ0n) is 18.3. The first kappa shape index (κ1) is 23.4. The Morgan fingerprint density at radius 3 is 2.41 bits per heavy atom. The van der Waals surface area contributed by atoms with Crippen molar-refractivity contribution in [2.75, 3.05) is 18.2 Å². The fourth-order valence-corrected chi connectivity index (χ4v) is 4.36. The summed E-state index contributed by atoms with van der Waals surface area (Å²) in [6, 6.07) is 28.5. The topological polar surface area (TPSA) is 75.0 Å². The quantitative estimate of drug-likeness (QED) is 0.295. The molecule has 5 nitrogen and oxygen atoms in total. The number of carbonyl (C=O) groups excluding carboxylic acids is 1. The number of aromatic nitrogens is 1. The third-order valence-corrected chi connectivity index (χ3v) is 6.36. The van der Waals surface area contributed by atoms with Crippen LogP contribution in [0, 0.1) is 11.3 Å². The van der Waals surface area contributed by atoms with E-state index in [0.717, 1.165) is 28.1 Å². The number of rotatable bonds is 7. The van der Waals surface area contributed by atoms with Crippen LogP contribution in [0.4, 0.5) is 5.69 Å². The number of thioether (sulfide) groups is 1. The number of para-hydroxylation sites is 1. The number of nitrogens with one attached hydrogen (secondary N) is 1. The summed E-state index contributed by atoms with van der Waals surface area (Å²) in [6.45, 7) is 0. The first-order valence-electron chi connectivity index (χ1n) is 10.4. The van der Waals surface area contributed by atoms with Gasteiger partial charge >= 0.3 is 0 Å². The number of anilines is 1. The van der Waals surface area contributed by atoms with Crippen molar-refractivity contribution >= 4 is 35.0 Å². The van der Waals surface area contributed by atoms with Crippen molar-refractivity contribution in [2.24, 2.45) is 0 Å². The van der Waals surface area contributed by atoms with Gasteiger partial charge in [-0.1, -0.05) is 78.0 Å². The first-order chi connectivity index (χ1) is 16.6. The molecule has 3 aromatic carbocycles. The average Bonchev–Trinajstić information content (AvgIpc) is 2.88. The van der Waals surface area contributed by atoms with Gasteiger partial charge in [0.1, 0.15) is 16.8 Å². The molecular formula is C27H20ClN3O2S. The van der Waals surface area contributed by atoms with Crippen molar-refractivity contribution in [3.8, 4) is 34.2 Å². The SMILES string of the molecule is COc1ccc(-c2cc(-c3ccccc3)nc(SCC(=O)Nc3ccccc3Cl)c2C#N)cc1. The van der Waals surface area contributed by atoms with Gasteiger partial charge in [0, 0.05) is 11.1 Å². The first-order valence-corrected chi connectivity index (χ1v) is 11.8. The van der Waals surface area contributed by atoms with E-state index in [9.17, 15) is 10.1 Å². The average molecular weight is 486 g/mol. The lowest BCUT2D eigenvalue weighted by molar-refractivity contribution is -0.113. The van der Waals surface area contributed by atoms with Gasteiger partial charge in [-0.3, -0.25) is 4.79 Å². The summed E-state index contributed by atoms with van der Waals surface area (Å²) < 4.78 is 5.27. The summed E-state index contributed by atoms with van der Waals surface area (Å²) in [6.07, 6.45) is 0. The van der Waals surface area contributed by atoms with Crippen LogP contribution >= 0.6 is 23.4 Å². The van der Waals surface area contributed by atoms with Crippen LogP contribution in [-0.2, 0) is 4.79 Å². The molecule has 0 bridgehead atoms. The summed E-state index contributed by atoms with van der Waals surface area (Å²) in [5, 5.41) is 13.8. The third-order valence-electron chi connectivity index (χ3n) is 5.06. The van der Waals surface area contributed by atoms with Crippen molar-refractivity contribution in [1.82, 2.24) is 4.98 Å². The Morgan fingerprint density at radius 2 is 1.74 bits per heavy atom. The van der Waals surface area contributed by atoms with Crippen LogP contribution in [0.3, 0.4) is 0 Å². The van der Waals surface area contributed by atoms with E-state index in [0.29, 0.717) is 21.3 Å². The fourth-order valence-electron chi connectivity index (χ4n) is 3.37. The van der Waals surface area contributed by atoms with Crippen molar-refractivity contribution in [3.63, 3.8) is 0 Å². The smallest absolute Gasteiger partial charge is 0.234 e. The minimum Gasteiger partial charge on any atom is -0.497 e. The minimum absolute atomic E-state index is 0.0766. The number of halogens is 1. The summed E-state index contributed by atoms with van der Waals surface area (Å²) >= 11 is 7.36. The maximum atomic E-state index is 12.6. The van der Waals surface area contributed by atoms with Crippen molar-refractivity contribution < 1.29 is 9.53 Å². The Kier molecular flexibility index (Phi) is 7.48. The molecule has 4 rings (SSSR count). The highest BCUT2D eigenvalue weighted by Crippen LogP contribution is 2.35. The largest absolute Gasteiger partial charge is 0.497 e. The van der Waals surface area contributed by atoms with Crippen LogP contribution in [0.25, 0.3) is 22.4 Å². The molecule has 0 saturated carbocycles. The van der Waals surface area contributed by atoms with Crippen molar-refractivity contribution in [3.05, 3.63) is 95.5 Å². The van der Waals surface area contributed by atoms with Gasteiger partial charge in [0.25, 0.3) is 0 Å². The molecule has 0 aliphatic heterocycles. The Balaban J connectivity index is 1.69. The molecule has 0 aliphatic carbocycles. The second kappa shape index (κ2) is 10.9. The molecule has 0 unspecified atom stereocenters. The van der Waals surface area contributed by atoms with Crippen molar-refractivity contribution in [2.45, 2.75) is 5.03 Å². The molecule has 168 valence electrons. The molecular weight excluding hydrogens is 466 g/mol. The Bertz CT molecular complexity index is 1350. The van der Waals surface area contributed by atoms with Crippen LogP contribution < -0.4 is 10.1 Å². The highest BCUT2D eigenvalue weighted by molar-refractivity contribution is 8.00. The lowest BCUT2D eigenvalue weighted by Crippen LogP contribution is -2.14. The predicted molar refractivity (Wildman–Crippen MR) is 137 cm³/mol. The number of hydrogen-bond donors (Lipinski definition) is 1. The van der Waals surface area contributed by atoms with Crippen molar-refractivity contribution in [1.29, 1.82) is 5.26 Å². The van der Waals surface area contributed by atoms with Crippen LogP contribution in [0.2, 0.25) is 5.02 Å². The van der Waals surface area contributed by atoms with E-state index in [1.165, 1.54) is 11.8 Å². The number of hydrogen-bond acceptors (Lipinski definition) is 5. The molecule has 0 radical (unpaired) electrons. The lowest BCUT2D eigenvalue weighted by atomic mass is 9.99. The summed E-state index contributed by atoms with van der Waals surface area (Å²) in [5.41, 5.74) is 4.21. The minimum atomic E-state index is -0.236. The van der Waals surface area contributed by atoms with Crippen LogP contribution in [0.1, 0.15) is 5.56 Å². The zero-order valence-corrected chi connectivity index (χ0v) is 19.9. The maximum absolute atomic E-state index is 12.6. The Labute approximate surface area is 207 Å². The monoisotopic (exact) mass is 485 g/mol. The zero-order chi connectivity index (χ0) is 23.9. The third kappa shape index (κ3) is 5.40. The second-order valence-corrected chi connectivity index (χ2v) is 8.63. The number of carbonyl (C=O) groups is 1. The van der Waals surface area contributed by atoms with Gasteiger partial charge in [-0.05, 0) is 35.9 Å². The van der Waals surface area contributed by atoms with E-state index in [1.54, 1.807) is 31.4 Å². The van der Waals surface area contributed by atoms with E-state index < -0.39 is 0 Å². The van der Waals surface area contributed by atoms with Gasteiger partial charge in [-0.25, -0.2) is 4.98 Å². The maximum Gasteiger partial charge on any atom is 0.234 e. The second-order valence-electron chi connectivity index (χ2n) is 7.26. The molecule has 34 heavy (non-hydrogen) atoms. The molecule has 0 spiro atoms. The molecule has 1 amide bonds. The molecule has 0 atom stereocenters. The predicted octanol–water partition coefficient (Wildman–Crippen LogP) is 6.68. The fraction of sp³-hybridized carbons (Fsp3) is 0.0741. The van der Waals surface area contributed by atoms with Gasteiger partial charge < -0.3 is 10.1 Å². The van der Waals surface area contributed by atoms with E-state index in [1.807, 2.05) is 60.7 Å². The van der Waals surface area contributed by atoms with Crippen LogP contribution in [0.5, 0.6) is 5.75 Å². The van der Waals surface area contributed by atoms with E-state index in [2.05, 4.69) is 11.4 Å². The lowest BCUT2D eigenvalue weighted by Gasteiger charge is -2.13. The summed E-state index contributed by atoms with van der Waals surface area (Å²) in [5.74, 6) is 0.568. The molecule has 1 aromatic heterocycles. The number of amides is 1. The number of ether oxygens (including phenoxy) is 1. The highest BCUT2D eigenvalue weighted by atomic mass is 35.5. The van der Waals surface area contributed by atoms with Gasteiger partial charge in [-0.15, -0.1) is 0 Å². The Morgan fingerprint density at radius 1 is 1.03 bits per heavy atom. The van der Waals surface area contributed by atoms with Crippen LogP contribution in [-0.4, -0.2) is 23.8 Å². The summed E-state index contributed by atoms with van der Waals surface area (Å²) in [7, 11) is 1.61. The molecule has 7 heteroatoms. The molecule has 1 N–H and O–H groups in total. The number of methoxy groups -OCH3 is 1. The van der Waals surface area contributed by atoms with Gasteiger partial charge in [-0.2, -0.15) is 5.26 Å². The molecule has 1 heterocycles. The number of benzene rings is 3. The standard InChI is InChI=1S/C27H20ClN3O2S/c1-33-20-13-11-18(12-14-20)21-15-25(19-7-3-2-4-8-19)31-27(22(21)16-29)34-17-26(32)30-24-10-6-5-9-23(24)28/h2-15H,17H2,1H3,(H,30,32). The normalized spacial score (nSPS) is 10.4. The van der Waals surface area contributed by atoms with Gasteiger partial charge in [0.05, 0.1) is 34.8 Å². The summed E-state index contributed by atoms with van der Waals surface area (Å²) in [4.78, 5) is 17.3. The van der Waals surface area contributed by atoms with E-state index in [-0.39, 0.29) is 11.7 Å². The molecule has 0 fully saturated rings. The van der Waals surface area contributed by atoms with E-state index in [4.69, 9.17) is 21.3 Å². The number of nitriles is 1. The van der Waals surface area contributed by atoms with Gasteiger partial charge in [0.15, 0.2) is 0 Å². The molecule has 0 saturated heterocycles. The Hall–Kier alpha value is -3.79. The number of pyridine rings is 1. The number of nitrogens with zero attached hydrogens (tertiary/aromatic N) is 2. The molecule has 0 aliphatic rings. The highest BCUT2D eigenvalue weighted by Gasteiger charge is 2.17. The van der Waals surface area contributed by atoms with Crippen LogP contribution in [0.15, 0.2) is 90.0 Å². The molecule has 4 aromatic rings. The van der Waals surface area contributed by atoms with Gasteiger partial charge in [0.2, 0.25) is 5.91 Å².